The van der Waals surface area contributed by atoms with Crippen molar-refractivity contribution < 1.29 is 0 Å². The van der Waals surface area contributed by atoms with Gasteiger partial charge in [0.2, 0.25) is 0 Å². The van der Waals surface area contributed by atoms with Gasteiger partial charge in [-0.2, -0.15) is 5.26 Å². The minimum atomic E-state index is 0.674. The van der Waals surface area contributed by atoms with Gasteiger partial charge in [0.05, 0.1) is 11.6 Å². The normalized spacial score (nSPS) is 9.87. The quantitative estimate of drug-likeness (QED) is 0.800. The molecule has 5 heteroatoms. The van der Waals surface area contributed by atoms with Crippen LogP contribution in [0.15, 0.2) is 33.5 Å². The molecule has 0 radical (unpaired) electrons. The molecule has 2 rings (SSSR count). The first-order valence-electron chi connectivity index (χ1n) is 4.26. The van der Waals surface area contributed by atoms with Gasteiger partial charge in [0, 0.05) is 4.90 Å². The fraction of sp³-hybridized carbons (Fsp3) is 0.100. The molecule has 15 heavy (non-hydrogen) atoms. The van der Waals surface area contributed by atoms with Gasteiger partial charge in [-0.15, -0.1) is 10.2 Å². The van der Waals surface area contributed by atoms with Crippen LogP contribution in [0.4, 0.5) is 0 Å². The zero-order valence-corrected chi connectivity index (χ0v) is 9.60. The Morgan fingerprint density at radius 2 is 2.00 bits per heavy atom. The highest BCUT2D eigenvalue weighted by molar-refractivity contribution is 8.01. The van der Waals surface area contributed by atoms with Crippen LogP contribution in [0, 0.1) is 18.3 Å². The molecule has 0 aliphatic carbocycles. The number of hydrogen-bond acceptors (Lipinski definition) is 5. The van der Waals surface area contributed by atoms with E-state index < -0.39 is 0 Å². The zero-order valence-electron chi connectivity index (χ0n) is 7.97. The standard InChI is InChI=1S/C10H7N3S2/c1-7-12-13-10(14-7)15-9-4-2-8(6-11)3-5-9/h2-5H,1H3. The number of rotatable bonds is 2. The van der Waals surface area contributed by atoms with E-state index in [1.807, 2.05) is 19.1 Å². The first-order chi connectivity index (χ1) is 7.28. The van der Waals surface area contributed by atoms with Crippen LogP contribution >= 0.6 is 23.1 Å². The summed E-state index contributed by atoms with van der Waals surface area (Å²) in [5, 5.41) is 17.6. The lowest BCUT2D eigenvalue weighted by atomic mass is 10.2. The van der Waals surface area contributed by atoms with Crippen molar-refractivity contribution in [2.24, 2.45) is 0 Å². The molecule has 0 aliphatic heterocycles. The molecule has 0 atom stereocenters. The summed E-state index contributed by atoms with van der Waals surface area (Å²) in [5.41, 5.74) is 0.674. The Labute approximate surface area is 95.8 Å². The van der Waals surface area contributed by atoms with Crippen LogP contribution in [0.2, 0.25) is 0 Å². The van der Waals surface area contributed by atoms with Crippen molar-refractivity contribution in [2.75, 3.05) is 0 Å². The molecule has 0 amide bonds. The predicted octanol–water partition coefficient (Wildman–Crippen LogP) is 2.87. The average molecular weight is 233 g/mol. The largest absolute Gasteiger partial charge is 0.192 e. The summed E-state index contributed by atoms with van der Waals surface area (Å²) < 4.78 is 0.928. The molecule has 0 aliphatic rings. The van der Waals surface area contributed by atoms with Crippen LogP contribution in [0.25, 0.3) is 0 Å². The number of benzene rings is 1. The molecule has 2 aromatic rings. The van der Waals surface area contributed by atoms with E-state index >= 15 is 0 Å². The fourth-order valence-corrected chi connectivity index (χ4v) is 2.81. The first kappa shape index (κ1) is 10.1. The molecule has 0 saturated carbocycles. The number of nitrogens with zero attached hydrogens (tertiary/aromatic N) is 3. The molecule has 0 bridgehead atoms. The molecule has 0 N–H and O–H groups in total. The topological polar surface area (TPSA) is 49.6 Å². The maximum Gasteiger partial charge on any atom is 0.179 e. The smallest absolute Gasteiger partial charge is 0.179 e. The molecule has 1 aromatic carbocycles. The summed E-state index contributed by atoms with van der Waals surface area (Å²) >= 11 is 3.13. The van der Waals surface area contributed by atoms with Gasteiger partial charge < -0.3 is 0 Å². The van der Waals surface area contributed by atoms with Gasteiger partial charge >= 0.3 is 0 Å². The Bertz CT molecular complexity index is 496. The van der Waals surface area contributed by atoms with Gasteiger partial charge in [0.15, 0.2) is 4.34 Å². The molecule has 0 saturated heterocycles. The van der Waals surface area contributed by atoms with Crippen LogP contribution in [0.5, 0.6) is 0 Å². The van der Waals surface area contributed by atoms with E-state index in [0.29, 0.717) is 5.56 Å². The van der Waals surface area contributed by atoms with E-state index in [0.717, 1.165) is 14.2 Å². The third-order valence-electron chi connectivity index (χ3n) is 1.70. The zero-order chi connectivity index (χ0) is 10.7. The second kappa shape index (κ2) is 4.43. The first-order valence-corrected chi connectivity index (χ1v) is 5.89. The molecule has 74 valence electrons. The average Bonchev–Trinajstić information content (AvgIpc) is 2.65. The second-order valence-electron chi connectivity index (χ2n) is 2.83. The Kier molecular flexibility index (Phi) is 2.99. The molecule has 1 heterocycles. The van der Waals surface area contributed by atoms with E-state index in [4.69, 9.17) is 5.26 Å². The molecule has 3 nitrogen and oxygen atoms in total. The monoisotopic (exact) mass is 233 g/mol. The third-order valence-corrected chi connectivity index (χ3v) is 3.59. The van der Waals surface area contributed by atoms with Gasteiger partial charge in [-0.05, 0) is 31.2 Å². The van der Waals surface area contributed by atoms with Crippen LogP contribution in [0.3, 0.4) is 0 Å². The van der Waals surface area contributed by atoms with Crippen molar-refractivity contribution in [3.8, 4) is 6.07 Å². The van der Waals surface area contributed by atoms with Crippen molar-refractivity contribution in [2.45, 2.75) is 16.2 Å². The maximum atomic E-state index is 8.64. The molecule has 0 spiro atoms. The van der Waals surface area contributed by atoms with Gasteiger partial charge in [-0.1, -0.05) is 23.1 Å². The Balaban J connectivity index is 2.15. The van der Waals surface area contributed by atoms with E-state index in [1.54, 1.807) is 35.2 Å². The van der Waals surface area contributed by atoms with Crippen molar-refractivity contribution in [3.63, 3.8) is 0 Å². The Morgan fingerprint density at radius 1 is 1.27 bits per heavy atom. The van der Waals surface area contributed by atoms with E-state index in [-0.39, 0.29) is 0 Å². The van der Waals surface area contributed by atoms with Crippen molar-refractivity contribution in [1.82, 2.24) is 10.2 Å². The minimum Gasteiger partial charge on any atom is -0.192 e. The summed E-state index contributed by atoms with van der Waals surface area (Å²) in [6, 6.07) is 9.52. The number of nitriles is 1. The number of aromatic nitrogens is 2. The van der Waals surface area contributed by atoms with Crippen LogP contribution < -0.4 is 0 Å². The molecule has 0 fully saturated rings. The van der Waals surface area contributed by atoms with Gasteiger partial charge in [-0.3, -0.25) is 0 Å². The van der Waals surface area contributed by atoms with E-state index in [9.17, 15) is 0 Å². The van der Waals surface area contributed by atoms with Crippen molar-refractivity contribution in [1.29, 1.82) is 5.26 Å². The van der Waals surface area contributed by atoms with Crippen LogP contribution in [0.1, 0.15) is 10.6 Å². The lowest BCUT2D eigenvalue weighted by Crippen LogP contribution is -1.75. The van der Waals surface area contributed by atoms with Crippen LogP contribution in [-0.2, 0) is 0 Å². The van der Waals surface area contributed by atoms with Crippen LogP contribution in [-0.4, -0.2) is 10.2 Å². The molecule has 0 unspecified atom stereocenters. The van der Waals surface area contributed by atoms with E-state index in [1.165, 1.54) is 0 Å². The van der Waals surface area contributed by atoms with Gasteiger partial charge in [-0.25, -0.2) is 0 Å². The number of aryl methyl sites for hydroxylation is 1. The molecule has 1 aromatic heterocycles. The third kappa shape index (κ3) is 2.55. The Hall–Kier alpha value is -1.38. The van der Waals surface area contributed by atoms with Crippen molar-refractivity contribution >= 4 is 23.1 Å². The van der Waals surface area contributed by atoms with E-state index in [2.05, 4.69) is 16.3 Å². The molecular weight excluding hydrogens is 226 g/mol. The Morgan fingerprint density at radius 3 is 2.53 bits per heavy atom. The highest BCUT2D eigenvalue weighted by Gasteiger charge is 2.02. The highest BCUT2D eigenvalue weighted by atomic mass is 32.2. The second-order valence-corrected chi connectivity index (χ2v) is 5.33. The lowest BCUT2D eigenvalue weighted by Gasteiger charge is -1.95. The van der Waals surface area contributed by atoms with Crippen molar-refractivity contribution in [3.05, 3.63) is 34.8 Å². The summed E-state index contributed by atoms with van der Waals surface area (Å²) in [4.78, 5) is 1.07. The van der Waals surface area contributed by atoms with Gasteiger partial charge in [0.1, 0.15) is 5.01 Å². The summed E-state index contributed by atoms with van der Waals surface area (Å²) in [7, 11) is 0. The lowest BCUT2D eigenvalue weighted by molar-refractivity contribution is 0.984. The predicted molar refractivity (Wildman–Crippen MR) is 59.9 cm³/mol. The summed E-state index contributed by atoms with van der Waals surface area (Å²) in [6.45, 7) is 1.93. The minimum absolute atomic E-state index is 0.674. The fourth-order valence-electron chi connectivity index (χ4n) is 1.02. The SMILES string of the molecule is Cc1nnc(Sc2ccc(C#N)cc2)s1. The van der Waals surface area contributed by atoms with Gasteiger partial charge in [0.25, 0.3) is 0 Å². The maximum absolute atomic E-state index is 8.64. The highest BCUT2D eigenvalue weighted by Crippen LogP contribution is 2.29. The molecular formula is C10H7N3S2. The summed E-state index contributed by atoms with van der Waals surface area (Å²) in [6.07, 6.45) is 0. The number of hydrogen-bond donors (Lipinski definition) is 0. The summed E-state index contributed by atoms with van der Waals surface area (Å²) in [5.74, 6) is 0.